The molecule has 0 spiro atoms. The summed E-state index contributed by atoms with van der Waals surface area (Å²) in [5.74, 6) is 1.61. The average molecular weight is 266 g/mol. The molecule has 100 valence electrons. The van der Waals surface area contributed by atoms with Crippen LogP contribution in [0.2, 0.25) is 0 Å². The van der Waals surface area contributed by atoms with Crippen molar-refractivity contribution in [3.63, 3.8) is 0 Å². The maximum Gasteiger partial charge on any atom is 0.231 e. The molecule has 0 amide bonds. The summed E-state index contributed by atoms with van der Waals surface area (Å²) in [6.45, 7) is 1.18. The minimum atomic E-state index is 0.301. The fraction of sp³-hybridized carbons (Fsp3) is 0.188. The lowest BCUT2D eigenvalue weighted by Gasteiger charge is -2.05. The second kappa shape index (κ2) is 4.56. The highest BCUT2D eigenvalue weighted by atomic mass is 16.7. The molecular formula is C16H14N2O2. The smallest absolute Gasteiger partial charge is 0.231 e. The van der Waals surface area contributed by atoms with Crippen LogP contribution in [0.25, 0.3) is 0 Å². The van der Waals surface area contributed by atoms with Crippen molar-refractivity contribution in [1.82, 2.24) is 0 Å². The maximum absolute atomic E-state index is 5.44. The Bertz CT molecular complexity index is 695. The van der Waals surface area contributed by atoms with Gasteiger partial charge >= 0.3 is 0 Å². The lowest BCUT2D eigenvalue weighted by molar-refractivity contribution is 0.174. The second-order valence-corrected chi connectivity index (χ2v) is 4.82. The summed E-state index contributed by atoms with van der Waals surface area (Å²) in [6, 6.07) is 14.1. The third-order valence-electron chi connectivity index (χ3n) is 3.54. The zero-order valence-electron chi connectivity index (χ0n) is 10.9. The summed E-state index contributed by atoms with van der Waals surface area (Å²) < 4.78 is 10.8. The molecule has 0 aliphatic carbocycles. The van der Waals surface area contributed by atoms with Crippen LogP contribution >= 0.6 is 0 Å². The summed E-state index contributed by atoms with van der Waals surface area (Å²) in [7, 11) is 0. The van der Waals surface area contributed by atoms with E-state index in [9.17, 15) is 0 Å². The molecule has 2 heterocycles. The molecule has 1 N–H and O–H groups in total. The van der Waals surface area contributed by atoms with Gasteiger partial charge in [-0.2, -0.15) is 0 Å². The van der Waals surface area contributed by atoms with Crippen LogP contribution in [-0.4, -0.2) is 19.0 Å². The number of nitrogens with one attached hydrogen (secondary N) is 1. The lowest BCUT2D eigenvalue weighted by atomic mass is 10.1. The van der Waals surface area contributed by atoms with E-state index in [1.54, 1.807) is 0 Å². The highest BCUT2D eigenvalue weighted by Crippen LogP contribution is 2.34. The standard InChI is InChI=1S/C16H14N2O2/c1-2-4-14-13(3-1)17-8-7-12(18-14)11-5-6-15-16(9-11)20-10-19-15/h1-6,9,17H,7-8,10H2. The molecule has 0 radical (unpaired) electrons. The van der Waals surface area contributed by atoms with Crippen molar-refractivity contribution in [3.8, 4) is 11.5 Å². The van der Waals surface area contributed by atoms with E-state index in [-0.39, 0.29) is 0 Å². The van der Waals surface area contributed by atoms with Crippen molar-refractivity contribution in [3.05, 3.63) is 48.0 Å². The van der Waals surface area contributed by atoms with Crippen molar-refractivity contribution < 1.29 is 9.47 Å². The minimum absolute atomic E-state index is 0.301. The summed E-state index contributed by atoms with van der Waals surface area (Å²) in [5.41, 5.74) is 4.23. The monoisotopic (exact) mass is 266 g/mol. The van der Waals surface area contributed by atoms with Crippen LogP contribution < -0.4 is 14.8 Å². The van der Waals surface area contributed by atoms with E-state index in [1.807, 2.05) is 36.4 Å². The summed E-state index contributed by atoms with van der Waals surface area (Å²) in [6.07, 6.45) is 0.883. The number of fused-ring (bicyclic) bond motifs is 2. The van der Waals surface area contributed by atoms with Gasteiger partial charge in [0.15, 0.2) is 11.5 Å². The first-order valence-electron chi connectivity index (χ1n) is 6.71. The van der Waals surface area contributed by atoms with Gasteiger partial charge < -0.3 is 14.8 Å². The van der Waals surface area contributed by atoms with Crippen molar-refractivity contribution >= 4 is 17.1 Å². The first-order valence-corrected chi connectivity index (χ1v) is 6.71. The van der Waals surface area contributed by atoms with Gasteiger partial charge in [0.2, 0.25) is 6.79 Å². The molecule has 0 atom stereocenters. The normalized spacial score (nSPS) is 15.9. The van der Waals surface area contributed by atoms with Gasteiger partial charge in [0.1, 0.15) is 0 Å². The number of benzene rings is 2. The SMILES string of the molecule is c1ccc2c(c1)N=C(c1ccc3c(c1)OCO3)CCN2. The predicted molar refractivity (Wildman–Crippen MR) is 78.3 cm³/mol. The Labute approximate surface area is 117 Å². The van der Waals surface area contributed by atoms with E-state index in [4.69, 9.17) is 14.5 Å². The number of rotatable bonds is 1. The van der Waals surface area contributed by atoms with Crippen molar-refractivity contribution in [1.29, 1.82) is 0 Å². The number of para-hydroxylation sites is 2. The van der Waals surface area contributed by atoms with Gasteiger partial charge in [-0.15, -0.1) is 0 Å². The summed E-state index contributed by atoms with van der Waals surface area (Å²) in [4.78, 5) is 4.79. The predicted octanol–water partition coefficient (Wildman–Crippen LogP) is 3.35. The van der Waals surface area contributed by atoms with Gasteiger partial charge in [-0.05, 0) is 35.9 Å². The Morgan fingerprint density at radius 2 is 1.90 bits per heavy atom. The number of nitrogens with zero attached hydrogens (tertiary/aromatic N) is 1. The Balaban J connectivity index is 1.77. The molecule has 0 aromatic heterocycles. The molecule has 4 rings (SSSR count). The number of aliphatic imine (C=N–C) groups is 1. The van der Waals surface area contributed by atoms with E-state index >= 15 is 0 Å². The number of hydrogen-bond donors (Lipinski definition) is 1. The first-order chi connectivity index (χ1) is 9.90. The van der Waals surface area contributed by atoms with Crippen LogP contribution in [0.5, 0.6) is 11.5 Å². The number of anilines is 1. The molecule has 0 fully saturated rings. The zero-order chi connectivity index (χ0) is 13.4. The van der Waals surface area contributed by atoms with Crippen molar-refractivity contribution in [2.75, 3.05) is 18.7 Å². The Morgan fingerprint density at radius 1 is 1.00 bits per heavy atom. The van der Waals surface area contributed by atoms with Crippen LogP contribution in [0.15, 0.2) is 47.5 Å². The topological polar surface area (TPSA) is 42.9 Å². The maximum atomic E-state index is 5.44. The molecule has 4 nitrogen and oxygen atoms in total. The van der Waals surface area contributed by atoms with E-state index in [0.29, 0.717) is 6.79 Å². The summed E-state index contributed by atoms with van der Waals surface area (Å²) in [5, 5.41) is 3.41. The molecule has 0 bridgehead atoms. The fourth-order valence-electron chi connectivity index (χ4n) is 2.52. The Morgan fingerprint density at radius 3 is 2.90 bits per heavy atom. The van der Waals surface area contributed by atoms with Gasteiger partial charge in [0, 0.05) is 13.0 Å². The van der Waals surface area contributed by atoms with E-state index in [1.165, 1.54) is 0 Å². The molecule has 0 saturated heterocycles. The van der Waals surface area contributed by atoms with E-state index < -0.39 is 0 Å². The fourth-order valence-corrected chi connectivity index (χ4v) is 2.52. The Hall–Kier alpha value is -2.49. The minimum Gasteiger partial charge on any atom is -0.454 e. The number of hydrogen-bond acceptors (Lipinski definition) is 4. The van der Waals surface area contributed by atoms with Gasteiger partial charge in [-0.25, -0.2) is 0 Å². The lowest BCUT2D eigenvalue weighted by Crippen LogP contribution is -2.06. The Kier molecular flexibility index (Phi) is 2.59. The second-order valence-electron chi connectivity index (χ2n) is 4.82. The molecule has 2 aromatic carbocycles. The molecule has 2 aliphatic rings. The first kappa shape index (κ1) is 11.3. The molecule has 0 unspecified atom stereocenters. The third-order valence-corrected chi connectivity index (χ3v) is 3.54. The highest BCUT2D eigenvalue weighted by Gasteiger charge is 2.16. The molecule has 2 aromatic rings. The largest absolute Gasteiger partial charge is 0.454 e. The van der Waals surface area contributed by atoms with Crippen LogP contribution in [0, 0.1) is 0 Å². The van der Waals surface area contributed by atoms with E-state index in [0.717, 1.165) is 47.1 Å². The van der Waals surface area contributed by atoms with Gasteiger partial charge in [0.25, 0.3) is 0 Å². The molecular weight excluding hydrogens is 252 g/mol. The van der Waals surface area contributed by atoms with Crippen molar-refractivity contribution in [2.24, 2.45) is 4.99 Å². The molecule has 0 saturated carbocycles. The van der Waals surface area contributed by atoms with Crippen LogP contribution in [0.1, 0.15) is 12.0 Å². The van der Waals surface area contributed by atoms with Gasteiger partial charge in [0.05, 0.1) is 17.1 Å². The molecule has 20 heavy (non-hydrogen) atoms. The number of ether oxygens (including phenoxy) is 2. The van der Waals surface area contributed by atoms with Crippen molar-refractivity contribution in [2.45, 2.75) is 6.42 Å². The van der Waals surface area contributed by atoms with Crippen LogP contribution in [0.4, 0.5) is 11.4 Å². The van der Waals surface area contributed by atoms with Crippen LogP contribution in [0.3, 0.4) is 0 Å². The summed E-state index contributed by atoms with van der Waals surface area (Å²) >= 11 is 0. The third kappa shape index (κ3) is 1.90. The van der Waals surface area contributed by atoms with E-state index in [2.05, 4.69) is 11.4 Å². The van der Waals surface area contributed by atoms with Crippen LogP contribution in [-0.2, 0) is 0 Å². The highest BCUT2D eigenvalue weighted by molar-refractivity contribution is 6.04. The average Bonchev–Trinajstić information content (AvgIpc) is 2.84. The zero-order valence-corrected chi connectivity index (χ0v) is 10.9. The molecule has 4 heteroatoms. The molecule has 2 aliphatic heterocycles. The van der Waals surface area contributed by atoms with Gasteiger partial charge in [-0.3, -0.25) is 4.99 Å². The van der Waals surface area contributed by atoms with Gasteiger partial charge in [-0.1, -0.05) is 12.1 Å². The quantitative estimate of drug-likeness (QED) is 0.860.